The van der Waals surface area contributed by atoms with Crippen LogP contribution >= 0.6 is 7.60 Å². The van der Waals surface area contributed by atoms with Gasteiger partial charge in [-0.1, -0.05) is 51.1 Å². The van der Waals surface area contributed by atoms with Crippen molar-refractivity contribution in [1.29, 1.82) is 0 Å². The normalized spacial score (nSPS) is 12.8. The summed E-state index contributed by atoms with van der Waals surface area (Å²) in [4.78, 5) is 12.2. The van der Waals surface area contributed by atoms with Crippen molar-refractivity contribution in [2.24, 2.45) is 5.41 Å². The zero-order chi connectivity index (χ0) is 18.9. The maximum absolute atomic E-state index is 13.0. The summed E-state index contributed by atoms with van der Waals surface area (Å²) >= 11 is 0. The molecule has 0 spiro atoms. The molecule has 0 unspecified atom stereocenters. The Morgan fingerprint density at radius 2 is 1.68 bits per heavy atom. The summed E-state index contributed by atoms with van der Waals surface area (Å²) in [7, 11) is -3.63. The van der Waals surface area contributed by atoms with Crippen LogP contribution in [0.25, 0.3) is 0 Å². The number of ether oxygens (including phenoxy) is 1. The van der Waals surface area contributed by atoms with Crippen LogP contribution in [0.5, 0.6) is 0 Å². The molecular formula is C18H28NO5P. The standard InChI is InChI=1S/C18H28NO5P/c1-6-23-25(21,24-7-2)16(13-18(3,4)5)19-17(20)22-14-15-11-9-8-10-12-15/h8-13H,6-7,14H2,1-5H3,(H,19,20)/b16-13+. The van der Waals surface area contributed by atoms with E-state index in [1.54, 1.807) is 19.9 Å². The second kappa shape index (κ2) is 9.76. The smallest absolute Gasteiger partial charge is 0.412 e. The van der Waals surface area contributed by atoms with E-state index in [0.29, 0.717) is 0 Å². The monoisotopic (exact) mass is 369 g/mol. The van der Waals surface area contributed by atoms with Gasteiger partial charge in [0.05, 0.1) is 13.2 Å². The summed E-state index contributed by atoms with van der Waals surface area (Å²) < 4.78 is 28.9. The quantitative estimate of drug-likeness (QED) is 0.648. The molecule has 1 rings (SSSR count). The van der Waals surface area contributed by atoms with Crippen LogP contribution in [-0.2, 0) is 25.0 Å². The first-order chi connectivity index (χ1) is 11.7. The van der Waals surface area contributed by atoms with Gasteiger partial charge in [0.25, 0.3) is 0 Å². The van der Waals surface area contributed by atoms with Crippen LogP contribution in [0, 0.1) is 5.41 Å². The van der Waals surface area contributed by atoms with E-state index in [1.165, 1.54) is 0 Å². The molecular weight excluding hydrogens is 341 g/mol. The number of allylic oxidation sites excluding steroid dienone is 1. The molecule has 140 valence electrons. The second-order valence-corrected chi connectivity index (χ2v) is 8.41. The van der Waals surface area contributed by atoms with Crippen LogP contribution in [0.15, 0.2) is 41.8 Å². The minimum absolute atomic E-state index is 0.0989. The summed E-state index contributed by atoms with van der Waals surface area (Å²) in [5, 5.41) is 2.54. The molecule has 0 aliphatic heterocycles. The lowest BCUT2D eigenvalue weighted by Gasteiger charge is -2.23. The first-order valence-electron chi connectivity index (χ1n) is 8.30. The molecule has 0 heterocycles. The van der Waals surface area contributed by atoms with Crippen molar-refractivity contribution in [1.82, 2.24) is 5.32 Å². The average molecular weight is 369 g/mol. The molecule has 0 atom stereocenters. The fourth-order valence-corrected chi connectivity index (χ4v) is 3.78. The molecule has 1 aromatic rings. The van der Waals surface area contributed by atoms with Crippen molar-refractivity contribution in [2.75, 3.05) is 13.2 Å². The molecule has 0 aliphatic carbocycles. The van der Waals surface area contributed by atoms with Crippen molar-refractivity contribution in [3.63, 3.8) is 0 Å². The van der Waals surface area contributed by atoms with Crippen molar-refractivity contribution in [2.45, 2.75) is 41.2 Å². The van der Waals surface area contributed by atoms with E-state index in [1.807, 2.05) is 51.1 Å². The van der Waals surface area contributed by atoms with Gasteiger partial charge < -0.3 is 13.8 Å². The number of amides is 1. The third-order valence-corrected chi connectivity index (χ3v) is 4.93. The number of alkyl carbamates (subject to hydrolysis) is 1. The molecule has 1 amide bonds. The maximum atomic E-state index is 13.0. The predicted molar refractivity (Wildman–Crippen MR) is 98.2 cm³/mol. The molecule has 7 heteroatoms. The Morgan fingerprint density at radius 3 is 2.16 bits per heavy atom. The maximum Gasteiger partial charge on any atom is 0.412 e. The Morgan fingerprint density at radius 1 is 1.12 bits per heavy atom. The Hall–Kier alpha value is -1.62. The summed E-state index contributed by atoms with van der Waals surface area (Å²) in [6.45, 7) is 9.70. The summed E-state index contributed by atoms with van der Waals surface area (Å²) in [6.07, 6.45) is 0.960. The minimum atomic E-state index is -3.63. The zero-order valence-electron chi connectivity index (χ0n) is 15.6. The number of rotatable bonds is 8. The zero-order valence-corrected chi connectivity index (χ0v) is 16.5. The molecule has 6 nitrogen and oxygen atoms in total. The van der Waals surface area contributed by atoms with Gasteiger partial charge >= 0.3 is 13.7 Å². The van der Waals surface area contributed by atoms with E-state index in [9.17, 15) is 9.36 Å². The van der Waals surface area contributed by atoms with Gasteiger partial charge in [-0.25, -0.2) is 4.79 Å². The number of carbonyl (C=O) groups is 1. The summed E-state index contributed by atoms with van der Waals surface area (Å²) in [5.74, 6) is 0. The van der Waals surface area contributed by atoms with Gasteiger partial charge in [0, 0.05) is 0 Å². The largest absolute Gasteiger partial charge is 0.444 e. The molecule has 1 aromatic carbocycles. The van der Waals surface area contributed by atoms with Gasteiger partial charge in [-0.2, -0.15) is 0 Å². The van der Waals surface area contributed by atoms with E-state index in [-0.39, 0.29) is 30.7 Å². The average Bonchev–Trinajstić information content (AvgIpc) is 2.52. The van der Waals surface area contributed by atoms with Gasteiger partial charge in [0.15, 0.2) is 0 Å². The van der Waals surface area contributed by atoms with Gasteiger partial charge in [-0.15, -0.1) is 0 Å². The highest BCUT2D eigenvalue weighted by Crippen LogP contribution is 2.55. The molecule has 25 heavy (non-hydrogen) atoms. The Labute approximate surface area is 150 Å². The van der Waals surface area contributed by atoms with Crippen molar-refractivity contribution < 1.29 is 23.1 Å². The SMILES string of the molecule is CCOP(=O)(OCC)/C(=C/C(C)(C)C)NC(=O)OCc1ccccc1. The summed E-state index contributed by atoms with van der Waals surface area (Å²) in [5.41, 5.74) is 0.616. The number of benzene rings is 1. The van der Waals surface area contributed by atoms with Crippen molar-refractivity contribution in [3.8, 4) is 0 Å². The van der Waals surface area contributed by atoms with Crippen molar-refractivity contribution in [3.05, 3.63) is 47.4 Å². The lowest BCUT2D eigenvalue weighted by molar-refractivity contribution is 0.141. The van der Waals surface area contributed by atoms with E-state index in [2.05, 4.69) is 5.32 Å². The number of hydrogen-bond acceptors (Lipinski definition) is 5. The third-order valence-electron chi connectivity index (χ3n) is 2.91. The first kappa shape index (κ1) is 21.4. The molecule has 0 bridgehead atoms. The van der Waals surface area contributed by atoms with Gasteiger partial charge in [0.1, 0.15) is 12.0 Å². The van der Waals surface area contributed by atoms with E-state index >= 15 is 0 Å². The number of nitrogens with one attached hydrogen (secondary N) is 1. The highest BCUT2D eigenvalue weighted by molar-refractivity contribution is 7.58. The van der Waals surface area contributed by atoms with Crippen LogP contribution in [0.2, 0.25) is 0 Å². The highest BCUT2D eigenvalue weighted by atomic mass is 31.2. The Balaban J connectivity index is 2.91. The molecule has 0 aliphatic rings. The van der Waals surface area contributed by atoms with Crippen LogP contribution in [0.1, 0.15) is 40.2 Å². The summed E-state index contributed by atoms with van der Waals surface area (Å²) in [6, 6.07) is 9.31. The molecule has 0 saturated heterocycles. The van der Waals surface area contributed by atoms with E-state index in [4.69, 9.17) is 13.8 Å². The fourth-order valence-electron chi connectivity index (χ4n) is 1.97. The number of hydrogen-bond donors (Lipinski definition) is 1. The topological polar surface area (TPSA) is 73.9 Å². The first-order valence-corrected chi connectivity index (χ1v) is 9.84. The van der Waals surface area contributed by atoms with Gasteiger partial charge in [0.2, 0.25) is 0 Å². The molecule has 0 radical (unpaired) electrons. The minimum Gasteiger partial charge on any atom is -0.444 e. The second-order valence-electron chi connectivity index (χ2n) is 6.42. The Kier molecular flexibility index (Phi) is 8.36. The van der Waals surface area contributed by atoms with Gasteiger partial charge in [-0.3, -0.25) is 9.88 Å². The van der Waals surface area contributed by atoms with E-state index < -0.39 is 13.7 Å². The molecule has 1 N–H and O–H groups in total. The Bertz CT molecular complexity index is 612. The molecule has 0 aromatic heterocycles. The van der Waals surface area contributed by atoms with E-state index in [0.717, 1.165) is 5.56 Å². The predicted octanol–water partition coefficient (Wildman–Crippen LogP) is 5.07. The van der Waals surface area contributed by atoms with Crippen LogP contribution in [-0.4, -0.2) is 19.3 Å². The third kappa shape index (κ3) is 7.86. The molecule has 0 saturated carbocycles. The highest BCUT2D eigenvalue weighted by Gasteiger charge is 2.33. The van der Waals surface area contributed by atoms with Crippen LogP contribution < -0.4 is 5.32 Å². The lowest BCUT2D eigenvalue weighted by Crippen LogP contribution is -2.26. The van der Waals surface area contributed by atoms with Crippen LogP contribution in [0.3, 0.4) is 0 Å². The van der Waals surface area contributed by atoms with Gasteiger partial charge in [-0.05, 0) is 30.9 Å². The fraction of sp³-hybridized carbons (Fsp3) is 0.500. The lowest BCUT2D eigenvalue weighted by atomic mass is 9.97. The van der Waals surface area contributed by atoms with Crippen molar-refractivity contribution >= 4 is 13.7 Å². The molecule has 0 fully saturated rings. The van der Waals surface area contributed by atoms with Crippen LogP contribution in [0.4, 0.5) is 4.79 Å². The number of carbonyl (C=O) groups excluding carboxylic acids is 1.